The third kappa shape index (κ3) is 3.54. The quantitative estimate of drug-likeness (QED) is 0.325. The van der Waals surface area contributed by atoms with Crippen molar-refractivity contribution in [3.63, 3.8) is 0 Å². The van der Waals surface area contributed by atoms with Crippen molar-refractivity contribution in [3.8, 4) is 0 Å². The van der Waals surface area contributed by atoms with Gasteiger partial charge < -0.3 is 10.3 Å². The molecule has 2 N–H and O–H groups in total. The van der Waals surface area contributed by atoms with E-state index in [0.717, 1.165) is 34.8 Å². The van der Waals surface area contributed by atoms with Gasteiger partial charge in [0.25, 0.3) is 0 Å². The molecule has 0 fully saturated rings. The molecule has 0 bridgehead atoms. The summed E-state index contributed by atoms with van der Waals surface area (Å²) in [6.07, 6.45) is 3.40. The molecular formula is C29H28N2O. The molecule has 3 nitrogen and oxygen atoms in total. The monoisotopic (exact) mass is 420 g/mol. The van der Waals surface area contributed by atoms with Crippen LogP contribution < -0.4 is 5.73 Å². The number of aromatic nitrogens is 1. The van der Waals surface area contributed by atoms with Crippen LogP contribution >= 0.6 is 0 Å². The zero-order valence-electron chi connectivity index (χ0n) is 18.7. The zero-order valence-corrected chi connectivity index (χ0v) is 18.7. The van der Waals surface area contributed by atoms with Crippen molar-refractivity contribution in [3.05, 3.63) is 95.1 Å². The molecule has 0 saturated carbocycles. The molecule has 32 heavy (non-hydrogen) atoms. The second-order valence-corrected chi connectivity index (χ2v) is 8.79. The average Bonchev–Trinajstić information content (AvgIpc) is 3.10. The normalized spacial score (nSPS) is 11.6. The second kappa shape index (κ2) is 8.16. The van der Waals surface area contributed by atoms with Crippen LogP contribution in [0.4, 0.5) is 0 Å². The molecule has 0 aliphatic rings. The van der Waals surface area contributed by atoms with Crippen molar-refractivity contribution in [2.75, 3.05) is 0 Å². The smallest absolute Gasteiger partial charge is 0.249 e. The lowest BCUT2D eigenvalue weighted by Gasteiger charge is -2.10. The van der Waals surface area contributed by atoms with E-state index in [-0.39, 0.29) is 5.91 Å². The molecule has 1 amide bonds. The first kappa shape index (κ1) is 20.3. The van der Waals surface area contributed by atoms with Gasteiger partial charge in [0.05, 0.1) is 5.52 Å². The molecular weight excluding hydrogens is 392 g/mol. The van der Waals surface area contributed by atoms with E-state index in [1.165, 1.54) is 40.3 Å². The number of carbonyl (C=O) groups is 1. The molecule has 3 heteroatoms. The van der Waals surface area contributed by atoms with Crippen LogP contribution in [-0.4, -0.2) is 10.5 Å². The maximum atomic E-state index is 12.2. The molecule has 0 unspecified atom stereocenters. The Morgan fingerprint density at radius 1 is 0.875 bits per heavy atom. The summed E-state index contributed by atoms with van der Waals surface area (Å²) in [5.41, 5.74) is 12.4. The Morgan fingerprint density at radius 3 is 2.47 bits per heavy atom. The van der Waals surface area contributed by atoms with Crippen LogP contribution in [-0.2, 0) is 13.0 Å². The van der Waals surface area contributed by atoms with E-state index in [4.69, 9.17) is 5.73 Å². The predicted octanol–water partition coefficient (Wildman–Crippen LogP) is 6.75. The summed E-state index contributed by atoms with van der Waals surface area (Å²) in [4.78, 5) is 12.2. The first-order chi connectivity index (χ1) is 15.5. The van der Waals surface area contributed by atoms with E-state index >= 15 is 0 Å². The van der Waals surface area contributed by atoms with Crippen LogP contribution in [0.3, 0.4) is 0 Å². The van der Waals surface area contributed by atoms with E-state index < -0.39 is 0 Å². The van der Waals surface area contributed by atoms with Gasteiger partial charge in [-0.05, 0) is 65.9 Å². The highest BCUT2D eigenvalue weighted by molar-refractivity contribution is 6.18. The number of unbranched alkanes of at least 4 members (excludes halogenated alkanes) is 1. The fourth-order valence-corrected chi connectivity index (χ4v) is 4.80. The van der Waals surface area contributed by atoms with Crippen molar-refractivity contribution >= 4 is 38.5 Å². The van der Waals surface area contributed by atoms with Gasteiger partial charge in [-0.1, -0.05) is 67.4 Å². The molecule has 0 atom stereocenters. The number of amides is 1. The Morgan fingerprint density at radius 2 is 1.66 bits per heavy atom. The number of aryl methyl sites for hydroxylation is 2. The van der Waals surface area contributed by atoms with E-state index in [9.17, 15) is 4.79 Å². The Hall–Kier alpha value is -3.59. The predicted molar refractivity (Wildman–Crippen MR) is 134 cm³/mol. The molecule has 0 spiro atoms. The van der Waals surface area contributed by atoms with E-state index in [1.807, 2.05) is 12.1 Å². The van der Waals surface area contributed by atoms with Crippen LogP contribution in [0.25, 0.3) is 32.6 Å². The van der Waals surface area contributed by atoms with Crippen molar-refractivity contribution in [1.29, 1.82) is 0 Å². The molecule has 0 aliphatic heterocycles. The number of nitrogens with zero attached hydrogens (tertiary/aromatic N) is 1. The van der Waals surface area contributed by atoms with Crippen LogP contribution in [0.1, 0.15) is 46.8 Å². The zero-order chi connectivity index (χ0) is 22.2. The van der Waals surface area contributed by atoms with Gasteiger partial charge in [-0.2, -0.15) is 0 Å². The lowest BCUT2D eigenvalue weighted by molar-refractivity contribution is 0.100. The van der Waals surface area contributed by atoms with E-state index in [1.54, 1.807) is 0 Å². The number of primary amides is 1. The molecule has 5 rings (SSSR count). The number of rotatable bonds is 6. The van der Waals surface area contributed by atoms with Gasteiger partial charge in [-0.3, -0.25) is 4.79 Å². The average molecular weight is 421 g/mol. The van der Waals surface area contributed by atoms with Crippen LogP contribution in [0, 0.1) is 6.92 Å². The van der Waals surface area contributed by atoms with Gasteiger partial charge in [-0.15, -0.1) is 0 Å². The Labute approximate surface area is 188 Å². The van der Waals surface area contributed by atoms with Gasteiger partial charge >= 0.3 is 0 Å². The second-order valence-electron chi connectivity index (χ2n) is 8.79. The summed E-state index contributed by atoms with van der Waals surface area (Å²) in [6.45, 7) is 5.08. The van der Waals surface area contributed by atoms with Crippen LogP contribution in [0.15, 0.2) is 72.8 Å². The van der Waals surface area contributed by atoms with Crippen LogP contribution in [0.2, 0.25) is 0 Å². The molecule has 4 aromatic carbocycles. The molecule has 1 heterocycles. The highest BCUT2D eigenvalue weighted by Gasteiger charge is 2.17. The highest BCUT2D eigenvalue weighted by Crippen LogP contribution is 2.33. The summed E-state index contributed by atoms with van der Waals surface area (Å²) >= 11 is 0. The summed E-state index contributed by atoms with van der Waals surface area (Å²) in [5, 5.41) is 4.55. The number of carbonyl (C=O) groups excluding carboxylic acids is 1. The molecule has 5 aromatic rings. The van der Waals surface area contributed by atoms with E-state index in [2.05, 4.69) is 79.1 Å². The summed E-state index contributed by atoms with van der Waals surface area (Å²) in [6, 6.07) is 25.7. The van der Waals surface area contributed by atoms with Crippen LogP contribution in [0.5, 0.6) is 0 Å². The Balaban J connectivity index is 1.71. The number of benzene rings is 4. The number of fused-ring (bicyclic) bond motifs is 4. The molecule has 160 valence electrons. The highest BCUT2D eigenvalue weighted by atomic mass is 16.1. The largest absolute Gasteiger partial charge is 0.366 e. The fourth-order valence-electron chi connectivity index (χ4n) is 4.80. The number of nitrogens with two attached hydrogens (primary N) is 1. The first-order valence-electron chi connectivity index (χ1n) is 11.4. The lowest BCUT2D eigenvalue weighted by Crippen LogP contribution is -2.11. The fraction of sp³-hybridized carbons (Fsp3) is 0.207. The minimum absolute atomic E-state index is 0.384. The molecule has 0 aliphatic carbocycles. The maximum Gasteiger partial charge on any atom is 0.249 e. The van der Waals surface area contributed by atoms with Crippen molar-refractivity contribution < 1.29 is 4.79 Å². The number of hydrogen-bond donors (Lipinski definition) is 1. The third-order valence-electron chi connectivity index (χ3n) is 6.44. The van der Waals surface area contributed by atoms with Crippen molar-refractivity contribution in [2.45, 2.75) is 39.7 Å². The first-order valence-corrected chi connectivity index (χ1v) is 11.4. The molecule has 0 radical (unpaired) electrons. The van der Waals surface area contributed by atoms with Crippen molar-refractivity contribution in [2.24, 2.45) is 5.73 Å². The van der Waals surface area contributed by atoms with Gasteiger partial charge in [0.1, 0.15) is 0 Å². The Bertz CT molecular complexity index is 1480. The lowest BCUT2D eigenvalue weighted by atomic mass is 10.0. The number of hydrogen-bond acceptors (Lipinski definition) is 1. The molecule has 0 saturated heterocycles. The van der Waals surface area contributed by atoms with E-state index in [0.29, 0.717) is 5.56 Å². The van der Waals surface area contributed by atoms with Gasteiger partial charge in [-0.25, -0.2) is 0 Å². The third-order valence-corrected chi connectivity index (χ3v) is 6.44. The molecule has 1 aromatic heterocycles. The summed E-state index contributed by atoms with van der Waals surface area (Å²) in [7, 11) is 0. The van der Waals surface area contributed by atoms with Crippen molar-refractivity contribution in [1.82, 2.24) is 4.57 Å². The standard InChI is InChI=1S/C29H28N2O/c1-3-4-6-20-11-14-24-27(17-20)31(26-8-5-7-25(28(24)26)29(30)32)18-21-10-13-22-15-19(2)9-12-23(22)16-21/h5,7-17H,3-4,6,18H2,1-2H3,(H2,30,32). The SMILES string of the molecule is CCCCc1ccc2c3c(C(N)=O)cccc3n(Cc3ccc4cc(C)ccc4c3)c2c1. The summed E-state index contributed by atoms with van der Waals surface area (Å²) < 4.78 is 2.34. The Kier molecular flexibility index (Phi) is 5.18. The topological polar surface area (TPSA) is 48.0 Å². The van der Waals surface area contributed by atoms with Gasteiger partial charge in [0.2, 0.25) is 5.91 Å². The summed E-state index contributed by atoms with van der Waals surface area (Å²) in [5.74, 6) is -0.384. The van der Waals surface area contributed by atoms with Gasteiger partial charge in [0, 0.05) is 28.4 Å². The minimum Gasteiger partial charge on any atom is -0.366 e. The van der Waals surface area contributed by atoms with Gasteiger partial charge in [0.15, 0.2) is 0 Å². The maximum absolute atomic E-state index is 12.2. The minimum atomic E-state index is -0.384.